The second kappa shape index (κ2) is 15.3. The standard InChI is InChI=1S/C35H29Cl6N5O3/c1-45(2)26-12-4-21(5-13-26)18-24-8-9-25(30(24)48)19-22-6-14-27(15-7-22)46(3)20-29(47)49-28-16-10-23(11-17-28)31-42-32(34(36,37)38)44-33(43-31)35(39,40)41/h4-7,10-19H,8-9,20H2,1-3H3. The number of anilines is 2. The summed E-state index contributed by atoms with van der Waals surface area (Å²) in [6, 6.07) is 22.1. The van der Waals surface area contributed by atoms with Gasteiger partial charge in [-0.3, -0.25) is 4.79 Å². The Balaban J connectivity index is 1.19. The predicted octanol–water partition coefficient (Wildman–Crippen LogP) is 9.13. The van der Waals surface area contributed by atoms with Gasteiger partial charge >= 0.3 is 5.97 Å². The van der Waals surface area contributed by atoms with Crippen LogP contribution in [-0.4, -0.2) is 54.4 Å². The maximum atomic E-state index is 13.1. The van der Waals surface area contributed by atoms with Gasteiger partial charge in [0.05, 0.1) is 0 Å². The highest BCUT2D eigenvalue weighted by atomic mass is 35.6. The summed E-state index contributed by atoms with van der Waals surface area (Å²) in [6.07, 6.45) is 5.29. The van der Waals surface area contributed by atoms with E-state index in [-0.39, 0.29) is 29.8 Å². The van der Waals surface area contributed by atoms with Gasteiger partial charge in [-0.2, -0.15) is 0 Å². The molecule has 254 valence electrons. The molecule has 0 spiro atoms. The molecule has 0 radical (unpaired) electrons. The first-order chi connectivity index (χ1) is 23.1. The Kier molecular flexibility index (Phi) is 11.5. The Labute approximate surface area is 314 Å². The van der Waals surface area contributed by atoms with Crippen LogP contribution in [0.5, 0.6) is 5.75 Å². The molecular weight excluding hydrogens is 751 g/mol. The highest BCUT2D eigenvalue weighted by molar-refractivity contribution is 6.67. The predicted molar refractivity (Wildman–Crippen MR) is 200 cm³/mol. The van der Waals surface area contributed by atoms with Gasteiger partial charge in [0, 0.05) is 49.2 Å². The fourth-order valence-corrected chi connectivity index (χ4v) is 5.46. The molecule has 1 aliphatic rings. The normalized spacial score (nSPS) is 15.2. The molecule has 8 nitrogen and oxygen atoms in total. The first kappa shape index (κ1) is 36.9. The summed E-state index contributed by atoms with van der Waals surface area (Å²) in [4.78, 5) is 42.0. The minimum atomic E-state index is -1.99. The molecule has 49 heavy (non-hydrogen) atoms. The molecule has 1 heterocycles. The summed E-state index contributed by atoms with van der Waals surface area (Å²) >= 11 is 35.8. The van der Waals surface area contributed by atoms with Crippen molar-refractivity contribution in [3.63, 3.8) is 0 Å². The van der Waals surface area contributed by atoms with E-state index in [9.17, 15) is 9.59 Å². The smallest absolute Gasteiger partial charge is 0.330 e. The molecule has 1 aromatic heterocycles. The average Bonchev–Trinajstić information content (AvgIpc) is 3.38. The van der Waals surface area contributed by atoms with Crippen LogP contribution < -0.4 is 14.5 Å². The van der Waals surface area contributed by atoms with E-state index in [1.54, 1.807) is 36.2 Å². The molecule has 1 saturated carbocycles. The molecule has 0 bridgehead atoms. The van der Waals surface area contributed by atoms with E-state index in [1.165, 1.54) is 0 Å². The third-order valence-electron chi connectivity index (χ3n) is 7.53. The fourth-order valence-electron chi connectivity index (χ4n) is 4.95. The number of benzene rings is 3. The number of rotatable bonds is 8. The minimum absolute atomic E-state index is 0.0168. The van der Waals surface area contributed by atoms with Gasteiger partial charge in [-0.25, -0.2) is 19.7 Å². The molecule has 14 heteroatoms. The summed E-state index contributed by atoms with van der Waals surface area (Å²) < 4.78 is 1.56. The average molecular weight is 780 g/mol. The minimum Gasteiger partial charge on any atom is -0.425 e. The van der Waals surface area contributed by atoms with Crippen molar-refractivity contribution < 1.29 is 14.3 Å². The van der Waals surface area contributed by atoms with E-state index >= 15 is 0 Å². The Morgan fingerprint density at radius 3 is 1.63 bits per heavy atom. The van der Waals surface area contributed by atoms with Gasteiger partial charge in [0.25, 0.3) is 0 Å². The van der Waals surface area contributed by atoms with Gasteiger partial charge in [0.15, 0.2) is 23.3 Å². The van der Waals surface area contributed by atoms with Crippen molar-refractivity contribution in [3.05, 3.63) is 107 Å². The third kappa shape index (κ3) is 9.66. The monoisotopic (exact) mass is 777 g/mol. The molecule has 0 atom stereocenters. The highest BCUT2D eigenvalue weighted by Crippen LogP contribution is 2.41. The lowest BCUT2D eigenvalue weighted by Crippen LogP contribution is -2.28. The van der Waals surface area contributed by atoms with Crippen molar-refractivity contribution in [1.29, 1.82) is 0 Å². The van der Waals surface area contributed by atoms with Crippen LogP contribution in [0.3, 0.4) is 0 Å². The molecule has 0 unspecified atom stereocenters. The molecule has 0 N–H and O–H groups in total. The lowest BCUT2D eigenvalue weighted by atomic mass is 10.1. The van der Waals surface area contributed by atoms with Gasteiger partial charge in [0.1, 0.15) is 12.3 Å². The number of hydrogen-bond donors (Lipinski definition) is 0. The van der Waals surface area contributed by atoms with Crippen molar-refractivity contribution in [1.82, 2.24) is 15.0 Å². The number of ketones is 1. The summed E-state index contributed by atoms with van der Waals surface area (Å²) in [5.74, 6) is -0.463. The number of carbonyl (C=O) groups is 2. The van der Waals surface area contributed by atoms with Gasteiger partial charge in [-0.05, 0) is 84.7 Å². The van der Waals surface area contributed by atoms with Gasteiger partial charge < -0.3 is 14.5 Å². The Bertz CT molecular complexity index is 1870. The van der Waals surface area contributed by atoms with Gasteiger partial charge in [-0.1, -0.05) is 93.9 Å². The molecular formula is C35H29Cl6N5O3. The van der Waals surface area contributed by atoms with E-state index in [2.05, 4.69) is 15.0 Å². The second-order valence-corrected chi connectivity index (χ2v) is 16.0. The summed E-state index contributed by atoms with van der Waals surface area (Å²) in [5.41, 5.74) is 5.88. The number of Topliss-reactive ketones (excluding diaryl/α,β-unsaturated/α-hetero) is 1. The summed E-state index contributed by atoms with van der Waals surface area (Å²) in [7, 11) is 5.77. The van der Waals surface area contributed by atoms with Crippen molar-refractivity contribution in [2.24, 2.45) is 0 Å². The molecule has 5 rings (SSSR count). The maximum absolute atomic E-state index is 13.1. The van der Waals surface area contributed by atoms with E-state index in [1.807, 2.05) is 79.7 Å². The number of alkyl halides is 6. The molecule has 0 saturated heterocycles. The lowest BCUT2D eigenvalue weighted by Gasteiger charge is -2.18. The van der Waals surface area contributed by atoms with E-state index in [4.69, 9.17) is 74.3 Å². The number of carbonyl (C=O) groups excluding carboxylic acids is 2. The zero-order chi connectivity index (χ0) is 35.5. The van der Waals surface area contributed by atoms with Crippen LogP contribution in [0.15, 0.2) is 83.9 Å². The lowest BCUT2D eigenvalue weighted by molar-refractivity contribution is -0.132. The zero-order valence-corrected chi connectivity index (χ0v) is 31.0. The van der Waals surface area contributed by atoms with Crippen molar-refractivity contribution >= 4 is 105 Å². The Morgan fingerprint density at radius 1 is 0.714 bits per heavy atom. The Hall–Kier alpha value is -3.37. The summed E-state index contributed by atoms with van der Waals surface area (Å²) in [5, 5.41) is 0. The number of esters is 1. The van der Waals surface area contributed by atoms with Crippen molar-refractivity contribution in [2.75, 3.05) is 37.5 Å². The molecule has 1 fully saturated rings. The fraction of sp³-hybridized carbons (Fsp3) is 0.229. The van der Waals surface area contributed by atoms with E-state index < -0.39 is 13.6 Å². The van der Waals surface area contributed by atoms with E-state index in [0.717, 1.165) is 33.6 Å². The van der Waals surface area contributed by atoms with Crippen LogP contribution >= 0.6 is 69.6 Å². The second-order valence-electron chi connectivity index (χ2n) is 11.4. The first-order valence-electron chi connectivity index (χ1n) is 14.8. The molecule has 1 aliphatic carbocycles. The van der Waals surface area contributed by atoms with Crippen LogP contribution in [0.1, 0.15) is 35.6 Å². The number of hydrogen-bond acceptors (Lipinski definition) is 8. The van der Waals surface area contributed by atoms with E-state index in [0.29, 0.717) is 24.2 Å². The highest BCUT2D eigenvalue weighted by Gasteiger charge is 2.34. The van der Waals surface area contributed by atoms with Crippen LogP contribution in [0.4, 0.5) is 11.4 Å². The number of ether oxygens (including phenoxy) is 1. The Morgan fingerprint density at radius 2 is 1.18 bits per heavy atom. The van der Waals surface area contributed by atoms with Gasteiger partial charge in [-0.15, -0.1) is 0 Å². The zero-order valence-electron chi connectivity index (χ0n) is 26.4. The van der Waals surface area contributed by atoms with Crippen LogP contribution in [0, 0.1) is 0 Å². The van der Waals surface area contributed by atoms with Crippen LogP contribution in [0.2, 0.25) is 0 Å². The topological polar surface area (TPSA) is 88.5 Å². The van der Waals surface area contributed by atoms with Crippen LogP contribution in [0.25, 0.3) is 23.5 Å². The van der Waals surface area contributed by atoms with Crippen LogP contribution in [-0.2, 0) is 17.2 Å². The third-order valence-corrected chi connectivity index (χ3v) is 8.54. The molecule has 0 amide bonds. The molecule has 0 aliphatic heterocycles. The molecule has 3 aromatic carbocycles. The number of likely N-dealkylation sites (N-methyl/N-ethyl adjacent to an activating group) is 1. The quantitative estimate of drug-likeness (QED) is 0.0758. The molecule has 4 aromatic rings. The van der Waals surface area contributed by atoms with Crippen molar-refractivity contribution in [2.45, 2.75) is 20.4 Å². The SMILES string of the molecule is CN(C)c1ccc(C=C2CCC(=Cc3ccc(N(C)CC(=O)Oc4ccc(-c5nc(C(Cl)(Cl)Cl)nc(C(Cl)(Cl)Cl)n5)cc4)cc3)C2=O)cc1. The van der Waals surface area contributed by atoms with Gasteiger partial charge in [0.2, 0.25) is 7.59 Å². The first-order valence-corrected chi connectivity index (χ1v) is 17.1. The number of aromatic nitrogens is 3. The largest absolute Gasteiger partial charge is 0.425 e. The maximum Gasteiger partial charge on any atom is 0.330 e. The number of nitrogens with zero attached hydrogens (tertiary/aromatic N) is 5. The number of halogens is 6. The number of allylic oxidation sites excluding steroid dienone is 2. The summed E-state index contributed by atoms with van der Waals surface area (Å²) in [6.45, 7) is -0.0168. The van der Waals surface area contributed by atoms with Crippen molar-refractivity contribution in [3.8, 4) is 17.1 Å².